The first kappa shape index (κ1) is 22.3. The smallest absolute Gasteiger partial charge is 0.412 e. The van der Waals surface area contributed by atoms with Gasteiger partial charge in [-0.2, -0.15) is 0 Å². The van der Waals surface area contributed by atoms with Crippen LogP contribution in [0.3, 0.4) is 0 Å². The summed E-state index contributed by atoms with van der Waals surface area (Å²) in [6.45, 7) is 8.02. The second-order valence-electron chi connectivity index (χ2n) is 8.53. The molecule has 0 aromatic heterocycles. The normalized spacial score (nSPS) is 14.3. The van der Waals surface area contributed by atoms with Crippen molar-refractivity contribution in [3.05, 3.63) is 65.2 Å². The van der Waals surface area contributed by atoms with E-state index in [9.17, 15) is 14.4 Å². The fourth-order valence-electron chi connectivity index (χ4n) is 3.33. The lowest BCUT2D eigenvalue weighted by atomic mass is 9.99. The van der Waals surface area contributed by atoms with Gasteiger partial charge in [-0.15, -0.1) is 0 Å². The maximum Gasteiger partial charge on any atom is 0.412 e. The lowest BCUT2D eigenvalue weighted by molar-refractivity contribution is -0.140. The fraction of sp³-hybridized carbons (Fsp3) is 0.375. The molecule has 1 atom stereocenters. The second-order valence-corrected chi connectivity index (χ2v) is 8.53. The van der Waals surface area contributed by atoms with Crippen molar-refractivity contribution in [1.29, 1.82) is 0 Å². The van der Waals surface area contributed by atoms with Crippen molar-refractivity contribution in [3.8, 4) is 0 Å². The zero-order chi connectivity index (χ0) is 22.6. The highest BCUT2D eigenvalue weighted by atomic mass is 16.6. The number of esters is 1. The quantitative estimate of drug-likeness (QED) is 0.745. The van der Waals surface area contributed by atoms with E-state index in [1.165, 1.54) is 17.7 Å². The molecule has 7 nitrogen and oxygen atoms in total. The summed E-state index contributed by atoms with van der Waals surface area (Å²) in [7, 11) is 0. The molecule has 1 heterocycles. The van der Waals surface area contributed by atoms with Gasteiger partial charge < -0.3 is 14.4 Å². The van der Waals surface area contributed by atoms with E-state index in [-0.39, 0.29) is 5.91 Å². The summed E-state index contributed by atoms with van der Waals surface area (Å²) in [5, 5.41) is 2.60. The topological polar surface area (TPSA) is 84.9 Å². The van der Waals surface area contributed by atoms with Crippen molar-refractivity contribution in [1.82, 2.24) is 4.90 Å². The third-order valence-electron chi connectivity index (χ3n) is 4.84. The number of carbonyl (C=O) groups excluding carboxylic acids is 3. The molecule has 0 unspecified atom stereocenters. The minimum absolute atomic E-state index is 0.217. The number of rotatable bonds is 4. The number of amides is 2. The van der Waals surface area contributed by atoms with Crippen LogP contribution in [0.25, 0.3) is 0 Å². The molecule has 2 amide bonds. The zero-order valence-electron chi connectivity index (χ0n) is 18.3. The molecule has 0 aliphatic carbocycles. The van der Waals surface area contributed by atoms with Crippen LogP contribution >= 0.6 is 0 Å². The number of fused-ring (bicyclic) bond motifs is 1. The Morgan fingerprint density at radius 1 is 1.00 bits per heavy atom. The first-order valence-corrected chi connectivity index (χ1v) is 10.3. The molecule has 0 fully saturated rings. The monoisotopic (exact) mass is 424 g/mol. The van der Waals surface area contributed by atoms with Gasteiger partial charge in [-0.05, 0) is 69.5 Å². The summed E-state index contributed by atoms with van der Waals surface area (Å²) < 4.78 is 10.6. The summed E-state index contributed by atoms with van der Waals surface area (Å²) in [4.78, 5) is 38.8. The van der Waals surface area contributed by atoms with E-state index < -0.39 is 23.8 Å². The number of hydrogen-bond donors (Lipinski definition) is 1. The standard InChI is InChI=1S/C24H28N2O5/c1-16(21(27)26-14-13-17-7-5-6-8-19(17)15-26)30-22(28)18-9-11-20(12-10-18)25-23(29)31-24(2,3)4/h5-12,16H,13-15H2,1-4H3,(H,25,29)/t16-/m1/s1. The molecule has 2 aromatic rings. The molecule has 3 rings (SSSR count). The van der Waals surface area contributed by atoms with E-state index in [4.69, 9.17) is 9.47 Å². The van der Waals surface area contributed by atoms with Crippen molar-refractivity contribution < 1.29 is 23.9 Å². The Hall–Kier alpha value is -3.35. The molecule has 0 saturated carbocycles. The summed E-state index contributed by atoms with van der Waals surface area (Å²) in [5.74, 6) is -0.812. The van der Waals surface area contributed by atoms with Crippen LogP contribution in [0, 0.1) is 0 Å². The third-order valence-corrected chi connectivity index (χ3v) is 4.84. The van der Waals surface area contributed by atoms with Crippen molar-refractivity contribution in [2.24, 2.45) is 0 Å². The Labute approximate surface area is 182 Å². The van der Waals surface area contributed by atoms with Gasteiger partial charge in [0.1, 0.15) is 5.60 Å². The van der Waals surface area contributed by atoms with Crippen LogP contribution < -0.4 is 5.32 Å². The molecule has 31 heavy (non-hydrogen) atoms. The number of anilines is 1. The summed E-state index contributed by atoms with van der Waals surface area (Å²) in [5.41, 5.74) is 2.54. The number of benzene rings is 2. The Morgan fingerprint density at radius 2 is 1.65 bits per heavy atom. The lowest BCUT2D eigenvalue weighted by Crippen LogP contribution is -2.42. The van der Waals surface area contributed by atoms with E-state index in [0.717, 1.165) is 12.0 Å². The van der Waals surface area contributed by atoms with Crippen LogP contribution in [0.1, 0.15) is 49.2 Å². The molecule has 1 aliphatic heterocycles. The molecule has 164 valence electrons. The van der Waals surface area contributed by atoms with Crippen molar-refractivity contribution in [2.45, 2.75) is 52.4 Å². The zero-order valence-corrected chi connectivity index (χ0v) is 18.3. The first-order chi connectivity index (χ1) is 14.6. The Morgan fingerprint density at radius 3 is 2.29 bits per heavy atom. The molecule has 0 saturated heterocycles. The average molecular weight is 424 g/mol. The highest BCUT2D eigenvalue weighted by Crippen LogP contribution is 2.20. The molecule has 0 bridgehead atoms. The van der Waals surface area contributed by atoms with Gasteiger partial charge in [-0.25, -0.2) is 9.59 Å². The minimum atomic E-state index is -0.891. The van der Waals surface area contributed by atoms with Crippen LogP contribution in [0.2, 0.25) is 0 Å². The Balaban J connectivity index is 1.55. The van der Waals surface area contributed by atoms with Gasteiger partial charge in [0, 0.05) is 18.8 Å². The van der Waals surface area contributed by atoms with E-state index in [1.807, 2.05) is 18.2 Å². The van der Waals surface area contributed by atoms with E-state index in [2.05, 4.69) is 11.4 Å². The predicted molar refractivity (Wildman–Crippen MR) is 117 cm³/mol. The van der Waals surface area contributed by atoms with E-state index >= 15 is 0 Å². The molecular weight excluding hydrogens is 396 g/mol. The molecular formula is C24H28N2O5. The Bertz CT molecular complexity index is 963. The number of hydrogen-bond acceptors (Lipinski definition) is 5. The lowest BCUT2D eigenvalue weighted by Gasteiger charge is -2.30. The second kappa shape index (κ2) is 9.20. The minimum Gasteiger partial charge on any atom is -0.449 e. The summed E-state index contributed by atoms with van der Waals surface area (Å²) >= 11 is 0. The maximum absolute atomic E-state index is 12.8. The predicted octanol–water partition coefficient (Wildman–Crippen LogP) is 4.16. The van der Waals surface area contributed by atoms with Crippen LogP contribution in [-0.4, -0.2) is 41.1 Å². The molecule has 0 radical (unpaired) electrons. The number of nitrogens with zero attached hydrogens (tertiary/aromatic N) is 1. The van der Waals surface area contributed by atoms with E-state index in [0.29, 0.717) is 24.3 Å². The first-order valence-electron chi connectivity index (χ1n) is 10.3. The summed E-state index contributed by atoms with van der Waals surface area (Å²) in [6, 6.07) is 14.3. The fourth-order valence-corrected chi connectivity index (χ4v) is 3.33. The van der Waals surface area contributed by atoms with Gasteiger partial charge in [0.2, 0.25) is 0 Å². The van der Waals surface area contributed by atoms with Gasteiger partial charge in [-0.3, -0.25) is 10.1 Å². The van der Waals surface area contributed by atoms with Gasteiger partial charge in [0.25, 0.3) is 5.91 Å². The SMILES string of the molecule is C[C@@H](OC(=O)c1ccc(NC(=O)OC(C)(C)C)cc1)C(=O)N1CCc2ccccc2C1. The highest BCUT2D eigenvalue weighted by molar-refractivity contribution is 5.93. The average Bonchev–Trinajstić information content (AvgIpc) is 2.71. The van der Waals surface area contributed by atoms with E-state index in [1.54, 1.807) is 44.7 Å². The van der Waals surface area contributed by atoms with Gasteiger partial charge in [0.15, 0.2) is 6.10 Å². The van der Waals surface area contributed by atoms with Gasteiger partial charge >= 0.3 is 12.1 Å². The number of ether oxygens (including phenoxy) is 2. The van der Waals surface area contributed by atoms with Crippen LogP contribution in [0.15, 0.2) is 48.5 Å². The maximum atomic E-state index is 12.8. The van der Waals surface area contributed by atoms with Crippen LogP contribution in [0.4, 0.5) is 10.5 Å². The molecule has 2 aromatic carbocycles. The summed E-state index contributed by atoms with van der Waals surface area (Å²) in [6.07, 6.45) is -0.684. The van der Waals surface area contributed by atoms with Gasteiger partial charge in [0.05, 0.1) is 5.56 Å². The van der Waals surface area contributed by atoms with Gasteiger partial charge in [-0.1, -0.05) is 24.3 Å². The van der Waals surface area contributed by atoms with Crippen molar-refractivity contribution in [2.75, 3.05) is 11.9 Å². The van der Waals surface area contributed by atoms with Crippen molar-refractivity contribution >= 4 is 23.7 Å². The number of nitrogens with one attached hydrogen (secondary N) is 1. The third kappa shape index (κ3) is 6.07. The molecule has 7 heteroatoms. The van der Waals surface area contributed by atoms with Crippen LogP contribution in [-0.2, 0) is 27.2 Å². The van der Waals surface area contributed by atoms with Crippen LogP contribution in [0.5, 0.6) is 0 Å². The largest absolute Gasteiger partial charge is 0.449 e. The Kier molecular flexibility index (Phi) is 6.63. The van der Waals surface area contributed by atoms with Crippen molar-refractivity contribution in [3.63, 3.8) is 0 Å². The molecule has 0 spiro atoms. The molecule has 1 aliphatic rings. The number of carbonyl (C=O) groups is 3. The molecule has 1 N–H and O–H groups in total. The highest BCUT2D eigenvalue weighted by Gasteiger charge is 2.27.